The van der Waals surface area contributed by atoms with E-state index < -0.39 is 12.3 Å². The SMILES string of the molecule is CC1CC(NC2NC([C@@H](O)c3ccc(F)cc3)Nc3ccccc32)NN1. The van der Waals surface area contributed by atoms with Crippen LogP contribution in [0.5, 0.6) is 0 Å². The zero-order valence-electron chi connectivity index (χ0n) is 14.5. The Morgan fingerprint density at radius 2 is 1.88 bits per heavy atom. The van der Waals surface area contributed by atoms with E-state index in [1.807, 2.05) is 18.2 Å². The van der Waals surface area contributed by atoms with Crippen LogP contribution >= 0.6 is 0 Å². The molecule has 2 aromatic carbocycles. The normalized spacial score (nSPS) is 29.0. The molecule has 0 amide bonds. The predicted octanol–water partition coefficient (Wildman–Crippen LogP) is 1.70. The van der Waals surface area contributed by atoms with E-state index in [0.717, 1.165) is 17.7 Å². The number of para-hydroxylation sites is 1. The maximum Gasteiger partial charge on any atom is 0.123 e. The summed E-state index contributed by atoms with van der Waals surface area (Å²) >= 11 is 0. The number of halogens is 1. The third-order valence-corrected chi connectivity index (χ3v) is 4.92. The van der Waals surface area contributed by atoms with E-state index >= 15 is 0 Å². The first-order valence-electron chi connectivity index (χ1n) is 8.92. The summed E-state index contributed by atoms with van der Waals surface area (Å²) < 4.78 is 13.2. The molecule has 4 rings (SSSR count). The molecule has 4 unspecified atom stereocenters. The molecule has 1 fully saturated rings. The van der Waals surface area contributed by atoms with Gasteiger partial charge in [-0.2, -0.15) is 0 Å². The van der Waals surface area contributed by atoms with Gasteiger partial charge < -0.3 is 10.4 Å². The maximum atomic E-state index is 13.2. The van der Waals surface area contributed by atoms with Gasteiger partial charge in [0.2, 0.25) is 0 Å². The lowest BCUT2D eigenvalue weighted by Crippen LogP contribution is -2.55. The van der Waals surface area contributed by atoms with Gasteiger partial charge in [0.15, 0.2) is 0 Å². The van der Waals surface area contributed by atoms with Gasteiger partial charge in [-0.05, 0) is 37.1 Å². The van der Waals surface area contributed by atoms with E-state index in [2.05, 4.69) is 39.8 Å². The Labute approximate surface area is 152 Å². The Bertz CT molecular complexity index is 756. The zero-order chi connectivity index (χ0) is 18.1. The first-order chi connectivity index (χ1) is 12.6. The molecular weight excluding hydrogens is 333 g/mol. The number of aliphatic hydroxyl groups excluding tert-OH is 1. The molecule has 0 bridgehead atoms. The number of nitrogens with one attached hydrogen (secondary N) is 5. The highest BCUT2D eigenvalue weighted by atomic mass is 19.1. The van der Waals surface area contributed by atoms with Gasteiger partial charge in [-0.1, -0.05) is 30.3 Å². The molecule has 5 atom stereocenters. The zero-order valence-corrected chi connectivity index (χ0v) is 14.5. The topological polar surface area (TPSA) is 80.4 Å². The molecule has 2 heterocycles. The molecule has 0 spiro atoms. The van der Waals surface area contributed by atoms with E-state index in [4.69, 9.17) is 0 Å². The van der Waals surface area contributed by atoms with Crippen LogP contribution in [0.25, 0.3) is 0 Å². The van der Waals surface area contributed by atoms with Gasteiger partial charge >= 0.3 is 0 Å². The molecule has 1 saturated heterocycles. The summed E-state index contributed by atoms with van der Waals surface area (Å²) in [5.41, 5.74) is 9.16. The molecule has 0 radical (unpaired) electrons. The molecule has 0 saturated carbocycles. The summed E-state index contributed by atoms with van der Waals surface area (Å²) in [6.45, 7) is 2.12. The summed E-state index contributed by atoms with van der Waals surface area (Å²) in [5.74, 6) is -0.315. The lowest BCUT2D eigenvalue weighted by Gasteiger charge is -2.38. The number of benzene rings is 2. The van der Waals surface area contributed by atoms with E-state index in [9.17, 15) is 9.50 Å². The maximum absolute atomic E-state index is 13.2. The first kappa shape index (κ1) is 17.4. The molecule has 2 aliphatic heterocycles. The highest BCUT2D eigenvalue weighted by molar-refractivity contribution is 5.55. The Kier molecular flexibility index (Phi) is 4.88. The van der Waals surface area contributed by atoms with Crippen LogP contribution in [0.3, 0.4) is 0 Å². The average Bonchev–Trinajstić information content (AvgIpc) is 3.06. The second kappa shape index (κ2) is 7.30. The van der Waals surface area contributed by atoms with Crippen molar-refractivity contribution in [3.8, 4) is 0 Å². The number of aliphatic hydroxyl groups is 1. The highest BCUT2D eigenvalue weighted by Crippen LogP contribution is 2.31. The fraction of sp³-hybridized carbons (Fsp3) is 0.368. The number of fused-ring (bicyclic) bond motifs is 1. The number of hydrogen-bond acceptors (Lipinski definition) is 6. The van der Waals surface area contributed by atoms with Crippen LogP contribution in [-0.2, 0) is 0 Å². The van der Waals surface area contributed by atoms with Crippen molar-refractivity contribution in [1.29, 1.82) is 0 Å². The second-order valence-corrected chi connectivity index (χ2v) is 6.95. The van der Waals surface area contributed by atoms with Crippen molar-refractivity contribution < 1.29 is 9.50 Å². The second-order valence-electron chi connectivity index (χ2n) is 6.95. The number of hydrazine groups is 1. The predicted molar refractivity (Wildman–Crippen MR) is 98.4 cm³/mol. The van der Waals surface area contributed by atoms with Gasteiger partial charge in [0.1, 0.15) is 18.1 Å². The summed E-state index contributed by atoms with van der Waals surface area (Å²) in [5, 5.41) is 21.1. The highest BCUT2D eigenvalue weighted by Gasteiger charge is 2.32. The van der Waals surface area contributed by atoms with Crippen LogP contribution in [0.2, 0.25) is 0 Å². The van der Waals surface area contributed by atoms with Crippen LogP contribution in [0.1, 0.15) is 36.7 Å². The van der Waals surface area contributed by atoms with Crippen molar-refractivity contribution in [2.45, 2.75) is 44.0 Å². The first-order valence-corrected chi connectivity index (χ1v) is 8.92. The average molecular weight is 357 g/mol. The molecule has 6 N–H and O–H groups in total. The van der Waals surface area contributed by atoms with E-state index in [1.54, 1.807) is 12.1 Å². The number of rotatable bonds is 4. The van der Waals surface area contributed by atoms with Gasteiger partial charge in [-0.15, -0.1) is 0 Å². The molecular formula is C19H24FN5O. The van der Waals surface area contributed by atoms with E-state index in [1.165, 1.54) is 12.1 Å². The van der Waals surface area contributed by atoms with Crippen molar-refractivity contribution in [3.05, 3.63) is 65.5 Å². The van der Waals surface area contributed by atoms with Gasteiger partial charge in [0.25, 0.3) is 0 Å². The van der Waals surface area contributed by atoms with E-state index in [0.29, 0.717) is 11.6 Å². The largest absolute Gasteiger partial charge is 0.385 e. The molecule has 0 aliphatic carbocycles. The molecule has 2 aliphatic rings. The summed E-state index contributed by atoms with van der Waals surface area (Å²) in [7, 11) is 0. The van der Waals surface area contributed by atoms with Gasteiger partial charge in [0.05, 0.1) is 12.3 Å². The Hall–Kier alpha value is -2.03. The lowest BCUT2D eigenvalue weighted by atomic mass is 10.0. The monoisotopic (exact) mass is 357 g/mol. The molecule has 7 heteroatoms. The Morgan fingerprint density at radius 3 is 2.62 bits per heavy atom. The minimum Gasteiger partial charge on any atom is -0.385 e. The summed E-state index contributed by atoms with van der Waals surface area (Å²) in [4.78, 5) is 0. The lowest BCUT2D eigenvalue weighted by molar-refractivity contribution is 0.124. The minimum absolute atomic E-state index is 0.122. The summed E-state index contributed by atoms with van der Waals surface area (Å²) in [6, 6.07) is 14.3. The fourth-order valence-corrected chi connectivity index (χ4v) is 3.54. The third-order valence-electron chi connectivity index (χ3n) is 4.92. The molecule has 138 valence electrons. The van der Waals surface area contributed by atoms with Gasteiger partial charge in [0, 0.05) is 17.3 Å². The van der Waals surface area contributed by atoms with Crippen LogP contribution in [0.4, 0.5) is 10.1 Å². The fourth-order valence-electron chi connectivity index (χ4n) is 3.54. The van der Waals surface area contributed by atoms with Crippen LogP contribution < -0.4 is 26.8 Å². The van der Waals surface area contributed by atoms with Gasteiger partial charge in [-0.25, -0.2) is 9.82 Å². The van der Waals surface area contributed by atoms with Crippen LogP contribution in [-0.4, -0.2) is 23.5 Å². The summed E-state index contributed by atoms with van der Waals surface area (Å²) in [6.07, 6.45) is -0.269. The smallest absolute Gasteiger partial charge is 0.123 e. The van der Waals surface area contributed by atoms with Crippen LogP contribution in [0.15, 0.2) is 48.5 Å². The van der Waals surface area contributed by atoms with Gasteiger partial charge in [-0.3, -0.25) is 16.1 Å². The van der Waals surface area contributed by atoms with Crippen molar-refractivity contribution in [3.63, 3.8) is 0 Å². The van der Waals surface area contributed by atoms with Crippen molar-refractivity contribution in [2.24, 2.45) is 0 Å². The van der Waals surface area contributed by atoms with Crippen molar-refractivity contribution >= 4 is 5.69 Å². The third kappa shape index (κ3) is 3.58. The molecule has 6 nitrogen and oxygen atoms in total. The molecule has 0 aromatic heterocycles. The molecule has 26 heavy (non-hydrogen) atoms. The Balaban J connectivity index is 1.55. The molecule has 2 aromatic rings. The van der Waals surface area contributed by atoms with Crippen molar-refractivity contribution in [2.75, 3.05) is 5.32 Å². The van der Waals surface area contributed by atoms with Crippen LogP contribution in [0, 0.1) is 5.82 Å². The minimum atomic E-state index is -0.818. The number of anilines is 1. The quantitative estimate of drug-likeness (QED) is 0.500. The van der Waals surface area contributed by atoms with E-state index in [-0.39, 0.29) is 18.1 Å². The standard InChI is InChI=1S/C19H24FN5O/c1-11-10-16(25-24-11)22-18-14-4-2-3-5-15(14)21-19(23-18)17(26)12-6-8-13(20)9-7-12/h2-9,11,16-19,21-26H,10H2,1H3/t11?,16?,17-,18?,19?/m0/s1. The number of hydrogen-bond donors (Lipinski definition) is 6. The van der Waals surface area contributed by atoms with Crippen molar-refractivity contribution in [1.82, 2.24) is 21.5 Å². The Morgan fingerprint density at radius 1 is 1.12 bits per heavy atom.